The van der Waals surface area contributed by atoms with Gasteiger partial charge in [0.1, 0.15) is 23.7 Å². The molecule has 3 heterocycles. The molecule has 1 aliphatic carbocycles. The van der Waals surface area contributed by atoms with Gasteiger partial charge in [-0.25, -0.2) is 9.78 Å². The molecule has 2 aromatic carbocycles. The van der Waals surface area contributed by atoms with Gasteiger partial charge in [-0.3, -0.25) is 9.59 Å². The minimum absolute atomic E-state index is 0.190. The summed E-state index contributed by atoms with van der Waals surface area (Å²) in [5.41, 5.74) is 0.226. The number of carboxylic acids is 1. The number of nitrogens with zero attached hydrogens (tertiary/aromatic N) is 2. The molecule has 0 spiro atoms. The first kappa shape index (κ1) is 28.5. The van der Waals surface area contributed by atoms with Crippen molar-refractivity contribution in [2.24, 2.45) is 5.92 Å². The number of thiazole rings is 1. The highest BCUT2D eigenvalue weighted by Gasteiger charge is 2.61. The molecule has 5 atom stereocenters. The number of halogens is 1. The van der Waals surface area contributed by atoms with Gasteiger partial charge in [-0.2, -0.15) is 0 Å². The first-order valence-corrected chi connectivity index (χ1v) is 15.6. The normalized spacial score (nSPS) is 29.0. The highest BCUT2D eigenvalue weighted by atomic mass is 35.5. The third-order valence-electron chi connectivity index (χ3n) is 8.35. The number of allylic oxidation sites excluding steroid dienone is 1. The predicted octanol–water partition coefficient (Wildman–Crippen LogP) is 5.26. The number of amides is 2. The van der Waals surface area contributed by atoms with Gasteiger partial charge in [-0.1, -0.05) is 60.1 Å². The lowest BCUT2D eigenvalue weighted by Gasteiger charge is -2.30. The number of rotatable bonds is 5. The first-order chi connectivity index (χ1) is 20.3. The fraction of sp³-hybridized carbons (Fsp3) is 0.419. The van der Waals surface area contributed by atoms with E-state index in [0.717, 1.165) is 41.6 Å². The second-order valence-electron chi connectivity index (χ2n) is 11.3. The Labute approximate surface area is 252 Å². The van der Waals surface area contributed by atoms with Gasteiger partial charge in [-0.15, -0.1) is 0 Å². The summed E-state index contributed by atoms with van der Waals surface area (Å²) in [7, 11) is 0. The molecule has 3 N–H and O–H groups in total. The molecule has 6 rings (SSSR count). The maximum absolute atomic E-state index is 14.2. The molecule has 2 amide bonds. The number of ether oxygens (including phenoxy) is 1. The minimum atomic E-state index is -1.35. The second kappa shape index (κ2) is 11.9. The number of hydrogen-bond acceptors (Lipinski definition) is 7. The van der Waals surface area contributed by atoms with Crippen molar-refractivity contribution < 1.29 is 24.2 Å². The molecular weight excluding hydrogens is 576 g/mol. The van der Waals surface area contributed by atoms with E-state index in [1.54, 1.807) is 17.0 Å². The van der Waals surface area contributed by atoms with Crippen LogP contribution in [-0.2, 0) is 14.4 Å². The van der Waals surface area contributed by atoms with Crippen molar-refractivity contribution in [1.29, 1.82) is 0 Å². The van der Waals surface area contributed by atoms with Crippen LogP contribution in [0.4, 0.5) is 5.69 Å². The van der Waals surface area contributed by atoms with E-state index in [2.05, 4.69) is 15.6 Å². The standard InChI is InChI=1S/C31H33ClN4O5S/c32-20-12-14-21(15-13-20)33-24-10-5-3-1-2-4-8-19-17-31(19,29(39)40)35-27(37)25-16-22(18-36(25)28(24)38)41-30-34-23-9-6-7-11-26(23)42-30/h4,6-9,11-15,19,22,24-25,33H,1-3,5,10,16-18H2,(H,35,37)(H,39,40)/b8-4-/t19-,22-,24+,25+,31-/m1/s1. The monoisotopic (exact) mass is 608 g/mol. The van der Waals surface area contributed by atoms with E-state index < -0.39 is 35.6 Å². The Morgan fingerprint density at radius 3 is 2.74 bits per heavy atom. The molecule has 0 bridgehead atoms. The molecule has 11 heteroatoms. The van der Waals surface area contributed by atoms with Crippen molar-refractivity contribution in [3.05, 3.63) is 65.7 Å². The fourth-order valence-corrected chi connectivity index (χ4v) is 6.95. The van der Waals surface area contributed by atoms with Crippen LogP contribution in [0.1, 0.15) is 44.9 Å². The molecule has 1 aromatic heterocycles. The summed E-state index contributed by atoms with van der Waals surface area (Å²) in [4.78, 5) is 46.4. The van der Waals surface area contributed by atoms with Crippen LogP contribution in [0, 0.1) is 5.92 Å². The molecule has 42 heavy (non-hydrogen) atoms. The average molecular weight is 609 g/mol. The number of benzene rings is 2. The summed E-state index contributed by atoms with van der Waals surface area (Å²) >= 11 is 7.49. The zero-order chi connectivity index (χ0) is 29.3. The fourth-order valence-electron chi connectivity index (χ4n) is 5.94. The summed E-state index contributed by atoms with van der Waals surface area (Å²) in [6, 6.07) is 13.4. The minimum Gasteiger partial charge on any atom is -0.479 e. The van der Waals surface area contributed by atoms with Gasteiger partial charge >= 0.3 is 5.97 Å². The van der Waals surface area contributed by atoms with Gasteiger partial charge in [0, 0.05) is 23.0 Å². The van der Waals surface area contributed by atoms with Gasteiger partial charge < -0.3 is 25.4 Å². The van der Waals surface area contributed by atoms with Crippen LogP contribution in [0.2, 0.25) is 5.02 Å². The summed E-state index contributed by atoms with van der Waals surface area (Å²) in [6.45, 7) is 0.190. The third kappa shape index (κ3) is 5.96. The van der Waals surface area contributed by atoms with Crippen LogP contribution >= 0.6 is 22.9 Å². The third-order valence-corrected chi connectivity index (χ3v) is 9.53. The smallest absolute Gasteiger partial charge is 0.330 e. The van der Waals surface area contributed by atoms with Crippen molar-refractivity contribution in [1.82, 2.24) is 15.2 Å². The number of aromatic nitrogens is 1. The molecule has 2 fully saturated rings. The molecule has 1 saturated heterocycles. The Morgan fingerprint density at radius 1 is 1.14 bits per heavy atom. The van der Waals surface area contributed by atoms with Crippen LogP contribution in [-0.4, -0.2) is 63.0 Å². The zero-order valence-electron chi connectivity index (χ0n) is 23.0. The highest BCUT2D eigenvalue weighted by Crippen LogP contribution is 2.45. The number of hydrogen-bond donors (Lipinski definition) is 3. The van der Waals surface area contributed by atoms with E-state index in [4.69, 9.17) is 16.3 Å². The van der Waals surface area contributed by atoms with Gasteiger partial charge in [-0.05, 0) is 62.1 Å². The first-order valence-electron chi connectivity index (χ1n) is 14.4. The predicted molar refractivity (Wildman–Crippen MR) is 162 cm³/mol. The quantitative estimate of drug-likeness (QED) is 0.338. The summed E-state index contributed by atoms with van der Waals surface area (Å²) in [5, 5.41) is 17.3. The van der Waals surface area contributed by atoms with Crippen LogP contribution in [0.15, 0.2) is 60.7 Å². The topological polar surface area (TPSA) is 121 Å². The van der Waals surface area contributed by atoms with E-state index in [9.17, 15) is 19.5 Å². The summed E-state index contributed by atoms with van der Waals surface area (Å²) in [6.07, 6.45) is 8.10. The van der Waals surface area contributed by atoms with Crippen LogP contribution in [0.3, 0.4) is 0 Å². The molecular formula is C31H33ClN4O5S. The molecule has 3 aliphatic rings. The van der Waals surface area contributed by atoms with E-state index in [-0.39, 0.29) is 24.8 Å². The average Bonchev–Trinajstić information content (AvgIpc) is 3.29. The molecule has 1 saturated carbocycles. The number of carboxylic acid groups (broad SMARTS) is 1. The van der Waals surface area contributed by atoms with Crippen molar-refractivity contribution in [2.75, 3.05) is 11.9 Å². The second-order valence-corrected chi connectivity index (χ2v) is 12.7. The lowest BCUT2D eigenvalue weighted by atomic mass is 10.0. The number of carbonyl (C=O) groups is 3. The van der Waals surface area contributed by atoms with E-state index >= 15 is 0 Å². The Bertz CT molecular complexity index is 1480. The molecule has 2 aliphatic heterocycles. The largest absolute Gasteiger partial charge is 0.479 e. The van der Waals surface area contributed by atoms with Gasteiger partial charge in [0.15, 0.2) is 0 Å². The maximum Gasteiger partial charge on any atom is 0.330 e. The Kier molecular flexibility index (Phi) is 8.09. The zero-order valence-corrected chi connectivity index (χ0v) is 24.6. The number of para-hydroxylation sites is 1. The van der Waals surface area contributed by atoms with Crippen molar-refractivity contribution in [3.63, 3.8) is 0 Å². The number of carbonyl (C=O) groups excluding carboxylic acids is 2. The van der Waals surface area contributed by atoms with Crippen LogP contribution in [0.5, 0.6) is 5.19 Å². The van der Waals surface area contributed by atoms with Crippen LogP contribution in [0.25, 0.3) is 10.2 Å². The maximum atomic E-state index is 14.2. The summed E-state index contributed by atoms with van der Waals surface area (Å²) in [5.74, 6) is -2.03. The van der Waals surface area contributed by atoms with Crippen molar-refractivity contribution in [3.8, 4) is 5.19 Å². The number of fused-ring (bicyclic) bond motifs is 3. The molecule has 220 valence electrons. The molecule has 3 aromatic rings. The Morgan fingerprint density at radius 2 is 1.95 bits per heavy atom. The van der Waals surface area contributed by atoms with Crippen molar-refractivity contribution >= 4 is 56.6 Å². The Balaban J connectivity index is 1.28. The Hall–Kier alpha value is -3.63. The highest BCUT2D eigenvalue weighted by molar-refractivity contribution is 7.20. The number of anilines is 1. The number of aliphatic carboxylic acids is 1. The van der Waals surface area contributed by atoms with E-state index in [0.29, 0.717) is 23.1 Å². The molecule has 0 radical (unpaired) electrons. The van der Waals surface area contributed by atoms with Crippen molar-refractivity contribution in [2.45, 2.75) is 68.7 Å². The lowest BCUT2D eigenvalue weighted by molar-refractivity contribution is -0.145. The number of nitrogens with one attached hydrogen (secondary N) is 2. The molecule has 0 unspecified atom stereocenters. The summed E-state index contributed by atoms with van der Waals surface area (Å²) < 4.78 is 7.23. The lowest BCUT2D eigenvalue weighted by Crippen LogP contribution is -2.55. The van der Waals surface area contributed by atoms with Gasteiger partial charge in [0.2, 0.25) is 11.8 Å². The molecule has 9 nitrogen and oxygen atoms in total. The van der Waals surface area contributed by atoms with Gasteiger partial charge in [0.05, 0.1) is 16.8 Å². The van der Waals surface area contributed by atoms with Gasteiger partial charge in [0.25, 0.3) is 5.19 Å². The SMILES string of the molecule is O=C1N[C@]2(C(=O)O)C[C@H]2/C=C\CCCCC[C@H](Nc2ccc(Cl)cc2)C(=O)N2C[C@H](Oc3nc4ccccc4s3)C[C@@H]12. The van der Waals surface area contributed by atoms with E-state index in [1.807, 2.05) is 48.6 Å². The van der Waals surface area contributed by atoms with E-state index in [1.165, 1.54) is 11.3 Å². The van der Waals surface area contributed by atoms with Crippen LogP contribution < -0.4 is 15.4 Å².